The molecule has 1 atom stereocenters. The van der Waals surface area contributed by atoms with E-state index >= 15 is 0 Å². The third-order valence-electron chi connectivity index (χ3n) is 3.40. The molecule has 0 saturated heterocycles. The number of nitrogens with one attached hydrogen (secondary N) is 1. The first-order valence-corrected chi connectivity index (χ1v) is 8.31. The second-order valence-electron chi connectivity index (χ2n) is 5.14. The Bertz CT molecular complexity index is 762. The summed E-state index contributed by atoms with van der Waals surface area (Å²) in [6, 6.07) is 11.2. The highest BCUT2D eigenvalue weighted by molar-refractivity contribution is 6.34. The van der Waals surface area contributed by atoms with Crippen molar-refractivity contribution in [1.82, 2.24) is 0 Å². The first kappa shape index (κ1) is 19.1. The molecule has 5 nitrogen and oxygen atoms in total. The zero-order chi connectivity index (χ0) is 18.4. The number of methoxy groups -OCH3 is 1. The SMILES string of the molecule is CC[C@H](Oc1ccc(Cl)cc1)C(=O)Nc1cc(C(=O)OC)ccc1Cl. The molecule has 0 radical (unpaired) electrons. The quantitative estimate of drug-likeness (QED) is 0.743. The van der Waals surface area contributed by atoms with Gasteiger partial charge < -0.3 is 14.8 Å². The van der Waals surface area contributed by atoms with Crippen LogP contribution in [0.15, 0.2) is 42.5 Å². The minimum absolute atomic E-state index is 0.286. The summed E-state index contributed by atoms with van der Waals surface area (Å²) in [7, 11) is 1.28. The van der Waals surface area contributed by atoms with Crippen molar-refractivity contribution in [1.29, 1.82) is 0 Å². The Hall–Kier alpha value is -2.24. The number of carbonyl (C=O) groups excluding carboxylic acids is 2. The first-order chi connectivity index (χ1) is 11.9. The minimum Gasteiger partial charge on any atom is -0.481 e. The van der Waals surface area contributed by atoms with Gasteiger partial charge in [-0.2, -0.15) is 0 Å². The van der Waals surface area contributed by atoms with Gasteiger partial charge in [0.15, 0.2) is 6.10 Å². The molecule has 1 N–H and O–H groups in total. The normalized spacial score (nSPS) is 11.5. The van der Waals surface area contributed by atoms with Crippen LogP contribution in [0.25, 0.3) is 0 Å². The van der Waals surface area contributed by atoms with Crippen LogP contribution in [-0.2, 0) is 9.53 Å². The van der Waals surface area contributed by atoms with E-state index in [2.05, 4.69) is 10.1 Å². The van der Waals surface area contributed by atoms with Gasteiger partial charge in [0.1, 0.15) is 5.75 Å². The number of amides is 1. The van der Waals surface area contributed by atoms with Gasteiger partial charge in [-0.05, 0) is 48.9 Å². The third-order valence-corrected chi connectivity index (χ3v) is 3.98. The minimum atomic E-state index is -0.723. The van der Waals surface area contributed by atoms with E-state index in [1.54, 1.807) is 24.3 Å². The fourth-order valence-corrected chi connectivity index (χ4v) is 2.37. The molecule has 0 aliphatic rings. The molecule has 25 heavy (non-hydrogen) atoms. The number of ether oxygens (including phenoxy) is 2. The molecule has 0 aliphatic carbocycles. The smallest absolute Gasteiger partial charge is 0.337 e. The zero-order valence-electron chi connectivity index (χ0n) is 13.7. The van der Waals surface area contributed by atoms with Crippen LogP contribution in [0.2, 0.25) is 10.0 Å². The molecule has 0 fully saturated rings. The van der Waals surface area contributed by atoms with Crippen molar-refractivity contribution in [2.24, 2.45) is 0 Å². The highest BCUT2D eigenvalue weighted by atomic mass is 35.5. The number of rotatable bonds is 6. The largest absolute Gasteiger partial charge is 0.481 e. The monoisotopic (exact) mass is 381 g/mol. The Kier molecular flexibility index (Phi) is 6.67. The lowest BCUT2D eigenvalue weighted by molar-refractivity contribution is -0.122. The molecule has 0 aromatic heterocycles. The molecule has 2 aromatic carbocycles. The van der Waals surface area contributed by atoms with Crippen molar-refractivity contribution >= 4 is 40.8 Å². The number of anilines is 1. The van der Waals surface area contributed by atoms with Gasteiger partial charge in [0.2, 0.25) is 0 Å². The standard InChI is InChI=1S/C18H17Cl2NO4/c1-3-16(25-13-7-5-12(19)6-8-13)17(22)21-15-10-11(18(23)24-2)4-9-14(15)20/h4-10,16H,3H2,1-2H3,(H,21,22)/t16-/m0/s1. The van der Waals surface area contributed by atoms with Gasteiger partial charge >= 0.3 is 5.97 Å². The number of hydrogen-bond donors (Lipinski definition) is 1. The van der Waals surface area contributed by atoms with E-state index in [0.717, 1.165) is 0 Å². The number of benzene rings is 2. The molecule has 2 aromatic rings. The van der Waals surface area contributed by atoms with E-state index in [0.29, 0.717) is 27.9 Å². The molecular formula is C18H17Cl2NO4. The van der Waals surface area contributed by atoms with Crippen LogP contribution in [-0.4, -0.2) is 25.1 Å². The molecule has 0 saturated carbocycles. The number of esters is 1. The molecule has 0 heterocycles. The van der Waals surface area contributed by atoms with Crippen molar-refractivity contribution in [3.63, 3.8) is 0 Å². The van der Waals surface area contributed by atoms with E-state index < -0.39 is 12.1 Å². The van der Waals surface area contributed by atoms with Crippen LogP contribution in [0.1, 0.15) is 23.7 Å². The maximum atomic E-state index is 12.5. The Morgan fingerprint density at radius 2 is 1.80 bits per heavy atom. The molecule has 7 heteroatoms. The van der Waals surface area contributed by atoms with Crippen molar-refractivity contribution in [2.75, 3.05) is 12.4 Å². The number of carbonyl (C=O) groups is 2. The summed E-state index contributed by atoms with van der Waals surface area (Å²) in [6.45, 7) is 1.83. The van der Waals surface area contributed by atoms with Gasteiger partial charge in [-0.15, -0.1) is 0 Å². The fraction of sp³-hybridized carbons (Fsp3) is 0.222. The summed E-state index contributed by atoms with van der Waals surface area (Å²) in [5.41, 5.74) is 0.599. The van der Waals surface area contributed by atoms with Gasteiger partial charge in [-0.25, -0.2) is 4.79 Å². The average molecular weight is 382 g/mol. The van der Waals surface area contributed by atoms with E-state index in [4.69, 9.17) is 27.9 Å². The van der Waals surface area contributed by atoms with E-state index in [-0.39, 0.29) is 11.5 Å². The molecule has 0 spiro atoms. The summed E-state index contributed by atoms with van der Waals surface area (Å²) in [5, 5.41) is 3.57. The fourth-order valence-electron chi connectivity index (χ4n) is 2.08. The molecule has 2 rings (SSSR count). The van der Waals surface area contributed by atoms with Gasteiger partial charge in [0, 0.05) is 5.02 Å². The molecular weight excluding hydrogens is 365 g/mol. The van der Waals surface area contributed by atoms with Crippen LogP contribution in [0, 0.1) is 0 Å². The summed E-state index contributed by atoms with van der Waals surface area (Å²) < 4.78 is 10.3. The van der Waals surface area contributed by atoms with Crippen LogP contribution in [0.5, 0.6) is 5.75 Å². The maximum Gasteiger partial charge on any atom is 0.337 e. The number of halogens is 2. The van der Waals surface area contributed by atoms with Crippen LogP contribution in [0.3, 0.4) is 0 Å². The van der Waals surface area contributed by atoms with Gasteiger partial charge in [0.25, 0.3) is 5.91 Å². The van der Waals surface area contributed by atoms with E-state index in [1.165, 1.54) is 25.3 Å². The zero-order valence-corrected chi connectivity index (χ0v) is 15.2. The summed E-state index contributed by atoms with van der Waals surface area (Å²) in [4.78, 5) is 24.1. The van der Waals surface area contributed by atoms with E-state index in [1.807, 2.05) is 6.92 Å². The summed E-state index contributed by atoms with van der Waals surface area (Å²) >= 11 is 11.9. The van der Waals surface area contributed by atoms with Gasteiger partial charge in [-0.3, -0.25) is 4.79 Å². The van der Waals surface area contributed by atoms with Crippen molar-refractivity contribution in [3.8, 4) is 5.75 Å². The predicted octanol–water partition coefficient (Wildman–Crippen LogP) is 4.58. The Morgan fingerprint density at radius 3 is 2.40 bits per heavy atom. The molecule has 0 unspecified atom stereocenters. The third kappa shape index (κ3) is 5.11. The lowest BCUT2D eigenvalue weighted by Crippen LogP contribution is -2.32. The topological polar surface area (TPSA) is 64.6 Å². The van der Waals surface area contributed by atoms with Crippen molar-refractivity contribution in [3.05, 3.63) is 58.1 Å². The van der Waals surface area contributed by atoms with E-state index in [9.17, 15) is 9.59 Å². The predicted molar refractivity (Wildman–Crippen MR) is 97.6 cm³/mol. The number of hydrogen-bond acceptors (Lipinski definition) is 4. The van der Waals surface area contributed by atoms with Crippen LogP contribution < -0.4 is 10.1 Å². The highest BCUT2D eigenvalue weighted by Gasteiger charge is 2.20. The Labute approximate surface area is 155 Å². The Balaban J connectivity index is 2.13. The lowest BCUT2D eigenvalue weighted by Gasteiger charge is -2.18. The average Bonchev–Trinajstić information content (AvgIpc) is 2.62. The summed E-state index contributed by atoms with van der Waals surface area (Å²) in [5.74, 6) is -0.362. The lowest BCUT2D eigenvalue weighted by atomic mass is 10.2. The second kappa shape index (κ2) is 8.74. The summed E-state index contributed by atoms with van der Waals surface area (Å²) in [6.07, 6.45) is -0.276. The molecule has 0 bridgehead atoms. The highest BCUT2D eigenvalue weighted by Crippen LogP contribution is 2.24. The van der Waals surface area contributed by atoms with Crippen LogP contribution in [0.4, 0.5) is 5.69 Å². The second-order valence-corrected chi connectivity index (χ2v) is 5.99. The first-order valence-electron chi connectivity index (χ1n) is 7.55. The molecule has 132 valence electrons. The van der Waals surface area contributed by atoms with Gasteiger partial charge in [-0.1, -0.05) is 30.1 Å². The van der Waals surface area contributed by atoms with Crippen molar-refractivity contribution < 1.29 is 19.1 Å². The van der Waals surface area contributed by atoms with Crippen LogP contribution >= 0.6 is 23.2 Å². The molecule has 0 aliphatic heterocycles. The van der Waals surface area contributed by atoms with Crippen molar-refractivity contribution in [2.45, 2.75) is 19.4 Å². The van der Waals surface area contributed by atoms with Gasteiger partial charge in [0.05, 0.1) is 23.4 Å². The Morgan fingerprint density at radius 1 is 1.12 bits per heavy atom. The maximum absolute atomic E-state index is 12.5. The molecule has 1 amide bonds.